The highest BCUT2D eigenvalue weighted by atomic mass is 35.5. The molecule has 0 fully saturated rings. The van der Waals surface area contributed by atoms with Crippen LogP contribution >= 0.6 is 35.4 Å². The maximum absolute atomic E-state index is 12.6. The van der Waals surface area contributed by atoms with E-state index in [1.165, 1.54) is 6.08 Å². The molecule has 5 nitrogen and oxygen atoms in total. The van der Waals surface area contributed by atoms with E-state index in [2.05, 4.69) is 36.7 Å². The number of hydrogen-bond donors (Lipinski definition) is 3. The monoisotopic (exact) mass is 525 g/mol. The fourth-order valence-corrected chi connectivity index (χ4v) is 3.81. The molecule has 0 aliphatic rings. The summed E-state index contributed by atoms with van der Waals surface area (Å²) < 4.78 is 0. The number of nitrogens with one attached hydrogen (secondary N) is 3. The Kier molecular flexibility index (Phi) is 8.67. The summed E-state index contributed by atoms with van der Waals surface area (Å²) in [6, 6.07) is 19.6. The summed E-state index contributed by atoms with van der Waals surface area (Å²) in [5.41, 5.74) is 3.59. The Morgan fingerprint density at radius 2 is 1.54 bits per heavy atom. The van der Waals surface area contributed by atoms with Gasteiger partial charge in [-0.25, -0.2) is 0 Å². The van der Waals surface area contributed by atoms with Gasteiger partial charge in [0, 0.05) is 33.1 Å². The molecule has 0 radical (unpaired) electrons. The van der Waals surface area contributed by atoms with E-state index in [1.54, 1.807) is 48.5 Å². The van der Waals surface area contributed by atoms with Gasteiger partial charge in [0.2, 0.25) is 5.91 Å². The largest absolute Gasteiger partial charge is 0.332 e. The van der Waals surface area contributed by atoms with Gasteiger partial charge in [-0.15, -0.1) is 0 Å². The maximum Gasteiger partial charge on any atom is 0.255 e. The van der Waals surface area contributed by atoms with Crippen molar-refractivity contribution in [2.45, 2.75) is 26.2 Å². The van der Waals surface area contributed by atoms with Crippen LogP contribution in [0, 0.1) is 0 Å². The fraction of sp³-hybridized carbons (Fsp3) is 0.148. The molecule has 3 aromatic carbocycles. The van der Waals surface area contributed by atoms with Gasteiger partial charge in [-0.1, -0.05) is 68.2 Å². The van der Waals surface area contributed by atoms with Crippen LogP contribution in [0.15, 0.2) is 72.8 Å². The van der Waals surface area contributed by atoms with Crippen molar-refractivity contribution in [3.8, 4) is 0 Å². The number of amides is 2. The standard InChI is InChI=1S/C27H25Cl2N3O2S/c1-27(2,3)19-11-7-18(8-12-19)25(34)30-21-5-4-6-22(16-21)31-26(35)32-24(33)14-10-17-9-13-20(28)15-23(17)29/h4-16H,1-3H3,(H,30,34)(H2,31,32,33,35)/b14-10+. The van der Waals surface area contributed by atoms with E-state index in [0.717, 1.165) is 5.56 Å². The van der Waals surface area contributed by atoms with Gasteiger partial charge in [-0.05, 0) is 77.3 Å². The normalized spacial score (nSPS) is 11.2. The van der Waals surface area contributed by atoms with Crippen molar-refractivity contribution in [2.75, 3.05) is 10.6 Å². The van der Waals surface area contributed by atoms with E-state index in [-0.39, 0.29) is 16.4 Å². The average molecular weight is 526 g/mol. The zero-order chi connectivity index (χ0) is 25.6. The number of halogens is 2. The first kappa shape index (κ1) is 26.4. The third-order valence-electron chi connectivity index (χ3n) is 5.00. The highest BCUT2D eigenvalue weighted by Crippen LogP contribution is 2.23. The maximum atomic E-state index is 12.6. The summed E-state index contributed by atoms with van der Waals surface area (Å²) in [5, 5.41) is 9.45. The Morgan fingerprint density at radius 1 is 0.886 bits per heavy atom. The molecule has 0 bridgehead atoms. The lowest BCUT2D eigenvalue weighted by Crippen LogP contribution is -2.32. The average Bonchev–Trinajstić information content (AvgIpc) is 2.78. The van der Waals surface area contributed by atoms with Crippen LogP contribution in [0.5, 0.6) is 0 Å². The molecule has 8 heteroatoms. The van der Waals surface area contributed by atoms with Crippen molar-refractivity contribution >= 4 is 69.8 Å². The number of hydrogen-bond acceptors (Lipinski definition) is 3. The molecule has 3 rings (SSSR count). The van der Waals surface area contributed by atoms with E-state index >= 15 is 0 Å². The molecule has 0 saturated carbocycles. The van der Waals surface area contributed by atoms with Crippen molar-refractivity contribution in [3.63, 3.8) is 0 Å². The van der Waals surface area contributed by atoms with E-state index < -0.39 is 5.91 Å². The first-order valence-electron chi connectivity index (χ1n) is 10.8. The van der Waals surface area contributed by atoms with Crippen LogP contribution in [-0.4, -0.2) is 16.9 Å². The molecule has 0 aliphatic heterocycles. The first-order valence-corrected chi connectivity index (χ1v) is 11.9. The number of rotatable bonds is 5. The number of thiocarbonyl (C=S) groups is 1. The highest BCUT2D eigenvalue weighted by Gasteiger charge is 2.14. The summed E-state index contributed by atoms with van der Waals surface area (Å²) in [6.45, 7) is 6.37. The quantitative estimate of drug-likeness (QED) is 0.246. The topological polar surface area (TPSA) is 70.2 Å². The molecule has 180 valence electrons. The Morgan fingerprint density at radius 3 is 2.17 bits per heavy atom. The third kappa shape index (κ3) is 7.92. The molecule has 3 aromatic rings. The molecule has 2 amide bonds. The van der Waals surface area contributed by atoms with Crippen LogP contribution in [-0.2, 0) is 10.2 Å². The molecule has 0 aliphatic carbocycles. The molecular weight excluding hydrogens is 501 g/mol. The smallest absolute Gasteiger partial charge is 0.255 e. The number of anilines is 2. The third-order valence-corrected chi connectivity index (χ3v) is 5.77. The lowest BCUT2D eigenvalue weighted by molar-refractivity contribution is -0.115. The molecule has 0 heterocycles. The van der Waals surface area contributed by atoms with Gasteiger partial charge in [-0.3, -0.25) is 14.9 Å². The van der Waals surface area contributed by atoms with Crippen LogP contribution in [0.25, 0.3) is 6.08 Å². The van der Waals surface area contributed by atoms with Crippen LogP contribution in [0.2, 0.25) is 10.0 Å². The Hall–Kier alpha value is -3.19. The SMILES string of the molecule is CC(C)(C)c1ccc(C(=O)Nc2cccc(NC(=S)NC(=O)/C=C/c3ccc(Cl)cc3Cl)c2)cc1. The van der Waals surface area contributed by atoms with E-state index in [0.29, 0.717) is 32.5 Å². The van der Waals surface area contributed by atoms with Crippen molar-refractivity contribution < 1.29 is 9.59 Å². The lowest BCUT2D eigenvalue weighted by atomic mass is 9.87. The van der Waals surface area contributed by atoms with Crippen molar-refractivity contribution in [1.82, 2.24) is 5.32 Å². The minimum Gasteiger partial charge on any atom is -0.332 e. The van der Waals surface area contributed by atoms with E-state index in [1.807, 2.05) is 24.3 Å². The number of benzene rings is 3. The van der Waals surface area contributed by atoms with Gasteiger partial charge in [0.25, 0.3) is 5.91 Å². The Bertz CT molecular complexity index is 1280. The molecule has 0 unspecified atom stereocenters. The molecule has 0 saturated heterocycles. The predicted molar refractivity (Wildman–Crippen MR) is 149 cm³/mol. The van der Waals surface area contributed by atoms with Crippen LogP contribution in [0.1, 0.15) is 42.3 Å². The van der Waals surface area contributed by atoms with Gasteiger partial charge in [0.1, 0.15) is 0 Å². The summed E-state index contributed by atoms with van der Waals surface area (Å²) in [5.74, 6) is -0.638. The van der Waals surface area contributed by atoms with Crippen LogP contribution in [0.3, 0.4) is 0 Å². The summed E-state index contributed by atoms with van der Waals surface area (Å²) in [6.07, 6.45) is 2.89. The summed E-state index contributed by atoms with van der Waals surface area (Å²) in [4.78, 5) is 24.8. The van der Waals surface area contributed by atoms with Crippen molar-refractivity contribution in [1.29, 1.82) is 0 Å². The summed E-state index contributed by atoms with van der Waals surface area (Å²) >= 11 is 17.2. The Balaban J connectivity index is 1.57. The lowest BCUT2D eigenvalue weighted by Gasteiger charge is -2.19. The van der Waals surface area contributed by atoms with E-state index in [4.69, 9.17) is 35.4 Å². The second-order valence-electron chi connectivity index (χ2n) is 8.80. The molecule has 35 heavy (non-hydrogen) atoms. The van der Waals surface area contributed by atoms with Crippen LogP contribution in [0.4, 0.5) is 11.4 Å². The number of carbonyl (C=O) groups is 2. The predicted octanol–water partition coefficient (Wildman–Crippen LogP) is 7.07. The van der Waals surface area contributed by atoms with Gasteiger partial charge in [0.15, 0.2) is 5.11 Å². The molecule has 0 aromatic heterocycles. The minimum absolute atomic E-state index is 0.0154. The second kappa shape index (κ2) is 11.5. The Labute approximate surface area is 220 Å². The first-order chi connectivity index (χ1) is 16.5. The van der Waals surface area contributed by atoms with Gasteiger partial charge < -0.3 is 10.6 Å². The van der Waals surface area contributed by atoms with E-state index in [9.17, 15) is 9.59 Å². The highest BCUT2D eigenvalue weighted by molar-refractivity contribution is 7.80. The molecule has 3 N–H and O–H groups in total. The minimum atomic E-state index is -0.420. The van der Waals surface area contributed by atoms with Gasteiger partial charge in [-0.2, -0.15) is 0 Å². The van der Waals surface area contributed by atoms with Gasteiger partial charge >= 0.3 is 0 Å². The molecule has 0 spiro atoms. The van der Waals surface area contributed by atoms with Crippen molar-refractivity contribution in [3.05, 3.63) is 99.5 Å². The number of carbonyl (C=O) groups excluding carboxylic acids is 2. The molecular formula is C27H25Cl2N3O2S. The fourth-order valence-electron chi connectivity index (χ4n) is 3.12. The zero-order valence-electron chi connectivity index (χ0n) is 19.5. The second-order valence-corrected chi connectivity index (χ2v) is 10.1. The molecule has 0 atom stereocenters. The van der Waals surface area contributed by atoms with Crippen LogP contribution < -0.4 is 16.0 Å². The van der Waals surface area contributed by atoms with Gasteiger partial charge in [0.05, 0.1) is 0 Å². The zero-order valence-corrected chi connectivity index (χ0v) is 21.8. The van der Waals surface area contributed by atoms with Crippen molar-refractivity contribution in [2.24, 2.45) is 0 Å². The summed E-state index contributed by atoms with van der Waals surface area (Å²) in [7, 11) is 0.